The second-order valence-electron chi connectivity index (χ2n) is 6.08. The van der Waals surface area contributed by atoms with Crippen molar-refractivity contribution in [3.05, 3.63) is 103 Å². The van der Waals surface area contributed by atoms with E-state index in [4.69, 9.17) is 4.74 Å². The first-order chi connectivity index (χ1) is 13.8. The van der Waals surface area contributed by atoms with Gasteiger partial charge in [-0.3, -0.25) is 4.79 Å². The maximum Gasteiger partial charge on any atom is 0.272 e. The van der Waals surface area contributed by atoms with Gasteiger partial charge in [0, 0.05) is 25.0 Å². The van der Waals surface area contributed by atoms with E-state index in [1.807, 2.05) is 66.7 Å². The van der Waals surface area contributed by atoms with Gasteiger partial charge in [0.25, 0.3) is 5.91 Å². The number of carbonyl (C=O) groups is 1. The first-order valence-electron chi connectivity index (χ1n) is 8.85. The average Bonchev–Trinajstić information content (AvgIpc) is 3.25. The lowest BCUT2D eigenvalue weighted by Gasteiger charge is -2.06. The Morgan fingerprint density at radius 1 is 0.929 bits per heavy atom. The number of ether oxygens (including phenoxy) is 1. The number of carbonyl (C=O) groups excluding carboxylic acids is 1. The van der Waals surface area contributed by atoms with Crippen LogP contribution < -0.4 is 10.1 Å². The minimum atomic E-state index is -0.237. The Balaban J connectivity index is 1.34. The number of hydrogen-bond acceptors (Lipinski definition) is 4. The number of aromatic nitrogens is 3. The van der Waals surface area contributed by atoms with E-state index in [1.54, 1.807) is 29.2 Å². The van der Waals surface area contributed by atoms with Gasteiger partial charge in [-0.2, -0.15) is 5.10 Å². The van der Waals surface area contributed by atoms with E-state index in [0.717, 1.165) is 17.0 Å². The summed E-state index contributed by atoms with van der Waals surface area (Å²) < 4.78 is 7.33. The molecule has 2 aromatic heterocycles. The zero-order valence-electron chi connectivity index (χ0n) is 15.0. The summed E-state index contributed by atoms with van der Waals surface area (Å²) in [5.41, 5.74) is 2.14. The first-order valence-corrected chi connectivity index (χ1v) is 8.85. The Morgan fingerprint density at radius 2 is 1.68 bits per heavy atom. The summed E-state index contributed by atoms with van der Waals surface area (Å²) in [7, 11) is 0. The van der Waals surface area contributed by atoms with Crippen molar-refractivity contribution in [3.8, 4) is 17.3 Å². The van der Waals surface area contributed by atoms with Crippen LogP contribution in [0.25, 0.3) is 5.69 Å². The smallest absolute Gasteiger partial charge is 0.272 e. The highest BCUT2D eigenvalue weighted by molar-refractivity contribution is 5.92. The molecule has 0 aliphatic heterocycles. The van der Waals surface area contributed by atoms with Gasteiger partial charge in [-0.15, -0.1) is 0 Å². The second kappa shape index (κ2) is 8.18. The Labute approximate surface area is 162 Å². The van der Waals surface area contributed by atoms with Crippen LogP contribution in [0.2, 0.25) is 0 Å². The van der Waals surface area contributed by atoms with E-state index >= 15 is 0 Å². The largest absolute Gasteiger partial charge is 0.439 e. The van der Waals surface area contributed by atoms with Crippen LogP contribution >= 0.6 is 0 Å². The third-order valence-corrected chi connectivity index (χ3v) is 4.06. The Hall–Kier alpha value is -3.93. The van der Waals surface area contributed by atoms with Gasteiger partial charge in [0.1, 0.15) is 5.75 Å². The third kappa shape index (κ3) is 4.24. The molecular weight excluding hydrogens is 352 g/mol. The third-order valence-electron chi connectivity index (χ3n) is 4.06. The van der Waals surface area contributed by atoms with Gasteiger partial charge in [0.05, 0.1) is 5.69 Å². The van der Waals surface area contributed by atoms with Crippen molar-refractivity contribution in [2.75, 3.05) is 0 Å². The molecule has 1 N–H and O–H groups in total. The fourth-order valence-corrected chi connectivity index (χ4v) is 2.63. The fourth-order valence-electron chi connectivity index (χ4n) is 2.63. The number of amides is 1. The molecule has 0 saturated heterocycles. The lowest BCUT2D eigenvalue weighted by molar-refractivity contribution is 0.0945. The standard InChI is InChI=1S/C22H18N4O2/c27-22(20-13-14-26(25-20)18-7-3-1-4-8-18)24-16-17-11-12-21(23-15-17)28-19-9-5-2-6-10-19/h1-15H,16H2,(H,24,27). The van der Waals surface area contributed by atoms with Gasteiger partial charge in [0.15, 0.2) is 5.69 Å². The summed E-state index contributed by atoms with van der Waals surface area (Å²) in [6, 6.07) is 24.4. The SMILES string of the molecule is O=C(NCc1ccc(Oc2ccccc2)nc1)c1ccn(-c2ccccc2)n1. The molecule has 0 spiro atoms. The molecular formula is C22H18N4O2. The minimum absolute atomic E-state index is 0.237. The highest BCUT2D eigenvalue weighted by Gasteiger charge is 2.10. The van der Waals surface area contributed by atoms with Crippen molar-refractivity contribution in [1.29, 1.82) is 0 Å². The van der Waals surface area contributed by atoms with Gasteiger partial charge in [-0.05, 0) is 35.9 Å². The molecule has 2 heterocycles. The average molecular weight is 370 g/mol. The quantitative estimate of drug-likeness (QED) is 0.557. The summed E-state index contributed by atoms with van der Waals surface area (Å²) in [5.74, 6) is 0.993. The molecule has 6 heteroatoms. The normalized spacial score (nSPS) is 10.4. The molecule has 0 bridgehead atoms. The molecule has 2 aromatic carbocycles. The van der Waals surface area contributed by atoms with E-state index in [1.165, 1.54) is 0 Å². The summed E-state index contributed by atoms with van der Waals surface area (Å²) in [6.45, 7) is 0.357. The van der Waals surface area contributed by atoms with Crippen LogP contribution in [-0.4, -0.2) is 20.7 Å². The summed E-state index contributed by atoms with van der Waals surface area (Å²) >= 11 is 0. The lowest BCUT2D eigenvalue weighted by atomic mass is 10.3. The van der Waals surface area contributed by atoms with Crippen LogP contribution in [0.4, 0.5) is 0 Å². The van der Waals surface area contributed by atoms with Gasteiger partial charge in [0.2, 0.25) is 5.88 Å². The fraction of sp³-hybridized carbons (Fsp3) is 0.0455. The maximum absolute atomic E-state index is 12.3. The highest BCUT2D eigenvalue weighted by Crippen LogP contribution is 2.18. The van der Waals surface area contributed by atoms with Crippen LogP contribution in [0.15, 0.2) is 91.3 Å². The monoisotopic (exact) mass is 370 g/mol. The molecule has 6 nitrogen and oxygen atoms in total. The summed E-state index contributed by atoms with van der Waals surface area (Å²) in [4.78, 5) is 16.6. The van der Waals surface area contributed by atoms with Crippen LogP contribution in [-0.2, 0) is 6.54 Å². The molecule has 1 amide bonds. The van der Waals surface area contributed by atoms with Crippen molar-refractivity contribution in [1.82, 2.24) is 20.1 Å². The lowest BCUT2D eigenvalue weighted by Crippen LogP contribution is -2.23. The van der Waals surface area contributed by atoms with Gasteiger partial charge in [-0.25, -0.2) is 9.67 Å². The van der Waals surface area contributed by atoms with E-state index in [0.29, 0.717) is 18.1 Å². The van der Waals surface area contributed by atoms with Crippen LogP contribution in [0.5, 0.6) is 11.6 Å². The molecule has 0 radical (unpaired) electrons. The number of rotatable bonds is 6. The number of para-hydroxylation sites is 2. The molecule has 4 aromatic rings. The molecule has 28 heavy (non-hydrogen) atoms. The Kier molecular flexibility index (Phi) is 5.11. The number of pyridine rings is 1. The van der Waals surface area contributed by atoms with Crippen molar-refractivity contribution in [2.24, 2.45) is 0 Å². The molecule has 0 saturated carbocycles. The Bertz CT molecular complexity index is 1040. The molecule has 0 unspecified atom stereocenters. The van der Waals surface area contributed by atoms with E-state index in [9.17, 15) is 4.79 Å². The van der Waals surface area contributed by atoms with Gasteiger partial charge in [-0.1, -0.05) is 42.5 Å². The van der Waals surface area contributed by atoms with Gasteiger partial charge < -0.3 is 10.1 Å². The molecule has 0 atom stereocenters. The van der Waals surface area contributed by atoms with E-state index in [2.05, 4.69) is 15.4 Å². The maximum atomic E-state index is 12.3. The van der Waals surface area contributed by atoms with Crippen molar-refractivity contribution in [3.63, 3.8) is 0 Å². The van der Waals surface area contributed by atoms with Gasteiger partial charge >= 0.3 is 0 Å². The minimum Gasteiger partial charge on any atom is -0.439 e. The summed E-state index contributed by atoms with van der Waals surface area (Å²) in [6.07, 6.45) is 3.45. The van der Waals surface area contributed by atoms with Crippen LogP contribution in [0, 0.1) is 0 Å². The number of hydrogen-bond donors (Lipinski definition) is 1. The number of benzene rings is 2. The van der Waals surface area contributed by atoms with E-state index < -0.39 is 0 Å². The zero-order valence-corrected chi connectivity index (χ0v) is 15.0. The predicted molar refractivity (Wildman–Crippen MR) is 105 cm³/mol. The Morgan fingerprint density at radius 3 is 2.39 bits per heavy atom. The van der Waals surface area contributed by atoms with Crippen LogP contribution in [0.3, 0.4) is 0 Å². The van der Waals surface area contributed by atoms with Crippen LogP contribution in [0.1, 0.15) is 16.1 Å². The second-order valence-corrected chi connectivity index (χ2v) is 6.08. The molecule has 0 fully saturated rings. The number of nitrogens with zero attached hydrogens (tertiary/aromatic N) is 3. The molecule has 4 rings (SSSR count). The topological polar surface area (TPSA) is 69.0 Å². The molecule has 0 aliphatic rings. The first kappa shape index (κ1) is 17.5. The molecule has 0 aliphatic carbocycles. The van der Waals surface area contributed by atoms with Crippen molar-refractivity contribution < 1.29 is 9.53 Å². The van der Waals surface area contributed by atoms with Crippen molar-refractivity contribution >= 4 is 5.91 Å². The molecule has 138 valence electrons. The summed E-state index contributed by atoms with van der Waals surface area (Å²) in [5, 5.41) is 7.18. The number of nitrogens with one attached hydrogen (secondary N) is 1. The zero-order chi connectivity index (χ0) is 19.2. The predicted octanol–water partition coefficient (Wildman–Crippen LogP) is 3.99. The van der Waals surface area contributed by atoms with E-state index in [-0.39, 0.29) is 5.91 Å². The highest BCUT2D eigenvalue weighted by atomic mass is 16.5. The van der Waals surface area contributed by atoms with Crippen molar-refractivity contribution in [2.45, 2.75) is 6.54 Å².